The summed E-state index contributed by atoms with van der Waals surface area (Å²) < 4.78 is 16.4. The molecule has 90 valence electrons. The second-order valence-electron chi connectivity index (χ2n) is 4.19. The Labute approximate surface area is 125 Å². The fraction of sp³-hybridized carbons (Fsp3) is 0. The van der Waals surface area contributed by atoms with Crippen LogP contribution in [0, 0.1) is 5.82 Å². The minimum absolute atomic E-state index is 0.253. The quantitative estimate of drug-likeness (QED) is 0.451. The standard InChI is InChI=1S/C14H9FN2O.Tl/c15-13-11(5-6-12-14(13)17-8-16-12)10-3-1-9(7-18)2-4-10;/h1-8H,(H,16,17,18);/q;+1/p-1. The first kappa shape index (κ1) is 12.5. The Morgan fingerprint density at radius 3 is 2.58 bits per heavy atom. The number of carbonyl (C=O) groups excluding carboxylic acids is 1. The molecule has 19 heavy (non-hydrogen) atoms. The first-order chi connectivity index (χ1) is 9.20. The van der Waals surface area contributed by atoms with Gasteiger partial charge in [-0.2, -0.15) is 0 Å². The second kappa shape index (κ2) is 4.84. The van der Waals surface area contributed by atoms with E-state index in [-0.39, 0.29) is 5.82 Å². The van der Waals surface area contributed by atoms with Crippen LogP contribution < -0.4 is 0 Å². The molecule has 0 aliphatic carbocycles. The van der Waals surface area contributed by atoms with Gasteiger partial charge in [0.1, 0.15) is 0 Å². The molecule has 0 bridgehead atoms. The van der Waals surface area contributed by atoms with Crippen molar-refractivity contribution in [1.29, 1.82) is 0 Å². The molecule has 0 aliphatic rings. The van der Waals surface area contributed by atoms with Gasteiger partial charge in [0.25, 0.3) is 0 Å². The van der Waals surface area contributed by atoms with E-state index in [9.17, 15) is 9.18 Å². The number of carbonyl (C=O) groups is 1. The molecular weight excluding hydrogens is 436 g/mol. The van der Waals surface area contributed by atoms with Gasteiger partial charge in [0.05, 0.1) is 0 Å². The van der Waals surface area contributed by atoms with Gasteiger partial charge in [0.15, 0.2) is 0 Å². The number of imidazole rings is 1. The summed E-state index contributed by atoms with van der Waals surface area (Å²) in [5.74, 6) is -0.253. The molecule has 0 N–H and O–H groups in total. The van der Waals surface area contributed by atoms with Crippen LogP contribution in [0.15, 0.2) is 42.7 Å². The van der Waals surface area contributed by atoms with E-state index in [1.807, 2.05) is 8.44 Å². The third-order valence-corrected chi connectivity index (χ3v) is 4.55. The van der Waals surface area contributed by atoms with Crippen molar-refractivity contribution in [1.82, 2.24) is 7.36 Å². The van der Waals surface area contributed by atoms with Crippen LogP contribution in [-0.2, 0) is 0 Å². The van der Waals surface area contributed by atoms with E-state index in [0.717, 1.165) is 11.8 Å². The number of hydrogen-bond donors (Lipinski definition) is 0. The number of halogens is 1. The normalized spacial score (nSPS) is 10.7. The molecule has 3 aromatic rings. The number of aldehydes is 1. The van der Waals surface area contributed by atoms with E-state index in [1.54, 1.807) is 36.7 Å². The van der Waals surface area contributed by atoms with E-state index in [1.165, 1.54) is 0 Å². The summed E-state index contributed by atoms with van der Waals surface area (Å²) >= 11 is 0.470. The molecule has 0 unspecified atom stereocenters. The first-order valence-corrected chi connectivity index (χ1v) is 7.67. The molecule has 5 heteroatoms. The number of nitrogens with zero attached hydrogens (tertiary/aromatic N) is 2. The van der Waals surface area contributed by atoms with Gasteiger partial charge in [0.2, 0.25) is 0 Å². The van der Waals surface area contributed by atoms with Crippen LogP contribution in [0.2, 0.25) is 0 Å². The number of benzene rings is 2. The minimum atomic E-state index is -0.253. The number of rotatable bonds is 2. The van der Waals surface area contributed by atoms with E-state index in [2.05, 4.69) is 4.98 Å². The number of fused-ring (bicyclic) bond motifs is 1. The summed E-state index contributed by atoms with van der Waals surface area (Å²) in [7, 11) is 0. The maximum absolute atomic E-state index is 14.5. The molecule has 0 saturated carbocycles. The number of aromatic nitrogens is 2. The summed E-state index contributed by atoms with van der Waals surface area (Å²) in [6.45, 7) is 0. The molecule has 1 aromatic heterocycles. The van der Waals surface area contributed by atoms with Crippen LogP contribution in [0.25, 0.3) is 22.2 Å². The monoisotopic (exact) mass is 444 g/mol. The van der Waals surface area contributed by atoms with Crippen molar-refractivity contribution in [2.75, 3.05) is 0 Å². The van der Waals surface area contributed by atoms with Crippen molar-refractivity contribution in [2.45, 2.75) is 0 Å². The molecule has 0 amide bonds. The molecule has 3 nitrogen and oxygen atoms in total. The van der Waals surface area contributed by atoms with E-state index < -0.39 is 0 Å². The molecule has 0 fully saturated rings. The summed E-state index contributed by atoms with van der Waals surface area (Å²) in [6.07, 6.45) is 2.44. The molecule has 1 heterocycles. The third kappa shape index (κ3) is 2.09. The third-order valence-electron chi connectivity index (χ3n) is 3.03. The fourth-order valence-electron chi connectivity index (χ4n) is 2.05. The van der Waals surface area contributed by atoms with Crippen molar-refractivity contribution < 1.29 is 9.18 Å². The molecule has 3 rings (SSSR count). The van der Waals surface area contributed by atoms with Gasteiger partial charge in [-0.05, 0) is 0 Å². The van der Waals surface area contributed by atoms with Gasteiger partial charge < -0.3 is 0 Å². The zero-order valence-electron chi connectivity index (χ0n) is 9.88. The van der Waals surface area contributed by atoms with Crippen LogP contribution in [-0.4, -0.2) is 39.7 Å². The SMILES string of the molecule is O=Cc1ccc(-c2ccc3nc[n]([Tl])c3c2F)cc1. The Morgan fingerprint density at radius 2 is 1.89 bits per heavy atom. The van der Waals surface area contributed by atoms with Gasteiger partial charge >= 0.3 is 125 Å². The van der Waals surface area contributed by atoms with E-state index in [0.29, 0.717) is 48.2 Å². The average Bonchev–Trinajstić information content (AvgIpc) is 2.82. The molecule has 0 atom stereocenters. The van der Waals surface area contributed by atoms with Gasteiger partial charge in [-0.15, -0.1) is 0 Å². The zero-order valence-corrected chi connectivity index (χ0v) is 14.4. The van der Waals surface area contributed by atoms with Crippen molar-refractivity contribution in [3.8, 4) is 11.1 Å². The van der Waals surface area contributed by atoms with Crippen molar-refractivity contribution in [2.24, 2.45) is 0 Å². The molecule has 0 saturated heterocycles. The van der Waals surface area contributed by atoms with E-state index >= 15 is 0 Å². The molecule has 0 spiro atoms. The van der Waals surface area contributed by atoms with E-state index in [4.69, 9.17) is 0 Å². The van der Waals surface area contributed by atoms with Crippen LogP contribution in [0.5, 0.6) is 0 Å². The molecular formula is C14H8FN2OTl. The predicted molar refractivity (Wildman–Crippen MR) is 71.7 cm³/mol. The predicted octanol–water partition coefficient (Wildman–Crippen LogP) is 2.59. The topological polar surface area (TPSA) is 34.9 Å². The van der Waals surface area contributed by atoms with Crippen LogP contribution >= 0.6 is 0 Å². The van der Waals surface area contributed by atoms with Crippen LogP contribution in [0.1, 0.15) is 10.4 Å². The summed E-state index contributed by atoms with van der Waals surface area (Å²) in [4.78, 5) is 14.8. The Bertz CT molecular complexity index is 765. The van der Waals surface area contributed by atoms with Crippen molar-refractivity contribution in [3.63, 3.8) is 0 Å². The summed E-state index contributed by atoms with van der Waals surface area (Å²) in [5, 5.41) is 0. The van der Waals surface area contributed by atoms with Crippen molar-refractivity contribution >= 4 is 43.4 Å². The fourth-order valence-corrected chi connectivity index (χ4v) is 3.26. The molecule has 0 radical (unpaired) electrons. The maximum atomic E-state index is 14.5. The molecule has 0 aliphatic heterocycles. The first-order valence-electron chi connectivity index (χ1n) is 5.67. The number of hydrogen-bond acceptors (Lipinski definition) is 2. The Kier molecular flexibility index (Phi) is 3.18. The van der Waals surface area contributed by atoms with Gasteiger partial charge in [-0.1, -0.05) is 0 Å². The Morgan fingerprint density at radius 1 is 1.16 bits per heavy atom. The van der Waals surface area contributed by atoms with Crippen LogP contribution in [0.4, 0.5) is 4.39 Å². The zero-order chi connectivity index (χ0) is 13.4. The second-order valence-corrected chi connectivity index (χ2v) is 6.35. The molecule has 2 aromatic carbocycles. The van der Waals surface area contributed by atoms with Gasteiger partial charge in [-0.25, -0.2) is 0 Å². The summed E-state index contributed by atoms with van der Waals surface area (Å²) in [5.41, 5.74) is 3.11. The van der Waals surface area contributed by atoms with Crippen molar-refractivity contribution in [3.05, 3.63) is 54.1 Å². The Hall–Kier alpha value is -1.57. The summed E-state index contributed by atoms with van der Waals surface area (Å²) in [6, 6.07) is 10.4. The average molecular weight is 444 g/mol. The Balaban J connectivity index is 2.21. The van der Waals surface area contributed by atoms with Gasteiger partial charge in [0, 0.05) is 0 Å². The van der Waals surface area contributed by atoms with Gasteiger partial charge in [-0.3, -0.25) is 0 Å². The van der Waals surface area contributed by atoms with Crippen LogP contribution in [0.3, 0.4) is 0 Å².